The molecule has 0 amide bonds. The van der Waals surface area contributed by atoms with E-state index in [2.05, 4.69) is 0 Å². The topological polar surface area (TPSA) is 44.5 Å². The summed E-state index contributed by atoms with van der Waals surface area (Å²) in [7, 11) is 0. The van der Waals surface area contributed by atoms with Crippen molar-refractivity contribution in [2.45, 2.75) is 31.7 Å². The molecule has 18 heavy (non-hydrogen) atoms. The smallest absolute Gasteiger partial charge is 0.275 e. The van der Waals surface area contributed by atoms with Crippen LogP contribution in [0, 0.1) is 0 Å². The normalized spacial score (nSPS) is 15.6. The second-order valence-corrected chi connectivity index (χ2v) is 5.23. The zero-order valence-electron chi connectivity index (χ0n) is 10.5. The lowest BCUT2D eigenvalue weighted by molar-refractivity contribution is -0.0299. The lowest BCUT2D eigenvalue weighted by atomic mass is 9.93. The summed E-state index contributed by atoms with van der Waals surface area (Å²) in [5.41, 5.74) is 4.63. The van der Waals surface area contributed by atoms with Crippen LogP contribution >= 0.6 is 0 Å². The number of nitrogens with two attached hydrogens (primary N) is 1. The number of rotatable bonds is 3. The van der Waals surface area contributed by atoms with E-state index in [1.165, 1.54) is 18.2 Å². The molecule has 0 bridgehead atoms. The summed E-state index contributed by atoms with van der Waals surface area (Å²) >= 11 is 0. The second-order valence-electron chi connectivity index (χ2n) is 5.23. The fourth-order valence-corrected chi connectivity index (χ4v) is 1.95. The van der Waals surface area contributed by atoms with Gasteiger partial charge in [-0.2, -0.15) is 0 Å². The maximum Gasteiger partial charge on any atom is 0.275 e. The van der Waals surface area contributed by atoms with E-state index in [1.54, 1.807) is 13.8 Å². The lowest BCUT2D eigenvalue weighted by Crippen LogP contribution is -2.38. The minimum absolute atomic E-state index is 0.0923. The second kappa shape index (κ2) is 4.39. The van der Waals surface area contributed by atoms with Gasteiger partial charge in [-0.15, -0.1) is 0 Å². The van der Waals surface area contributed by atoms with Crippen LogP contribution < -0.4 is 15.2 Å². The zero-order chi connectivity index (χ0) is 13.4. The first-order valence-corrected chi connectivity index (χ1v) is 5.85. The molecule has 0 spiro atoms. The van der Waals surface area contributed by atoms with Crippen molar-refractivity contribution in [2.75, 3.05) is 13.2 Å². The Labute approximate surface area is 105 Å². The Morgan fingerprint density at radius 1 is 1.17 bits per heavy atom. The largest absolute Gasteiger partial charge is 0.486 e. The summed E-state index contributed by atoms with van der Waals surface area (Å²) in [5, 5.41) is 0. The van der Waals surface area contributed by atoms with Crippen molar-refractivity contribution >= 4 is 0 Å². The van der Waals surface area contributed by atoms with E-state index >= 15 is 0 Å². The summed E-state index contributed by atoms with van der Waals surface area (Å²) in [6.45, 7) is 3.99. The summed E-state index contributed by atoms with van der Waals surface area (Å²) in [5.74, 6) is -2.10. The molecule has 2 rings (SSSR count). The maximum atomic E-state index is 14.0. The van der Waals surface area contributed by atoms with Gasteiger partial charge in [-0.25, -0.2) is 8.78 Å². The van der Waals surface area contributed by atoms with Gasteiger partial charge in [0.15, 0.2) is 11.5 Å². The minimum atomic E-state index is -2.98. The summed E-state index contributed by atoms with van der Waals surface area (Å²) in [6, 6.07) is 4.21. The van der Waals surface area contributed by atoms with E-state index in [4.69, 9.17) is 15.2 Å². The average Bonchev–Trinajstić information content (AvgIpc) is 2.25. The van der Waals surface area contributed by atoms with Crippen LogP contribution in [0.25, 0.3) is 0 Å². The van der Waals surface area contributed by atoms with E-state index in [9.17, 15) is 8.78 Å². The molecule has 1 aromatic carbocycles. The van der Waals surface area contributed by atoms with Crippen molar-refractivity contribution in [1.29, 1.82) is 0 Å². The highest BCUT2D eigenvalue weighted by atomic mass is 19.3. The van der Waals surface area contributed by atoms with Crippen molar-refractivity contribution in [3.05, 3.63) is 23.8 Å². The molecule has 5 heteroatoms. The SMILES string of the molecule is CC(C)(N)CC(F)(F)c1ccc2c(c1)OCCO2. The molecule has 0 aliphatic carbocycles. The van der Waals surface area contributed by atoms with Gasteiger partial charge in [0.25, 0.3) is 5.92 Å². The molecular formula is C13H17F2NO2. The molecule has 100 valence electrons. The van der Waals surface area contributed by atoms with Crippen LogP contribution in [0.5, 0.6) is 11.5 Å². The number of alkyl halides is 2. The van der Waals surface area contributed by atoms with Crippen LogP contribution in [0.2, 0.25) is 0 Å². The van der Waals surface area contributed by atoms with Crippen molar-refractivity contribution in [1.82, 2.24) is 0 Å². The fourth-order valence-electron chi connectivity index (χ4n) is 1.95. The number of ether oxygens (including phenoxy) is 2. The summed E-state index contributed by atoms with van der Waals surface area (Å²) < 4.78 is 38.7. The molecule has 0 radical (unpaired) electrons. The van der Waals surface area contributed by atoms with Gasteiger partial charge in [0.2, 0.25) is 0 Å². The third-order valence-corrected chi connectivity index (χ3v) is 2.64. The van der Waals surface area contributed by atoms with Crippen molar-refractivity contribution < 1.29 is 18.3 Å². The van der Waals surface area contributed by atoms with Gasteiger partial charge in [-0.1, -0.05) is 0 Å². The molecule has 0 fully saturated rings. The van der Waals surface area contributed by atoms with E-state index in [0.29, 0.717) is 24.7 Å². The van der Waals surface area contributed by atoms with Gasteiger partial charge in [0, 0.05) is 17.5 Å². The van der Waals surface area contributed by atoms with Crippen LogP contribution in [0.4, 0.5) is 8.78 Å². The number of benzene rings is 1. The average molecular weight is 257 g/mol. The highest BCUT2D eigenvalue weighted by Crippen LogP contribution is 2.40. The van der Waals surface area contributed by atoms with Crippen molar-refractivity contribution in [3.63, 3.8) is 0 Å². The van der Waals surface area contributed by atoms with Gasteiger partial charge >= 0.3 is 0 Å². The number of hydrogen-bond acceptors (Lipinski definition) is 3. The highest BCUT2D eigenvalue weighted by Gasteiger charge is 2.37. The van der Waals surface area contributed by atoms with Gasteiger partial charge in [0.05, 0.1) is 0 Å². The van der Waals surface area contributed by atoms with E-state index in [-0.39, 0.29) is 5.56 Å². The van der Waals surface area contributed by atoms with Crippen LogP contribution in [-0.4, -0.2) is 18.8 Å². The Hall–Kier alpha value is -1.36. The molecule has 0 atom stereocenters. The van der Waals surface area contributed by atoms with E-state index in [1.807, 2.05) is 0 Å². The molecule has 0 unspecified atom stereocenters. The molecule has 1 aliphatic heterocycles. The Kier molecular flexibility index (Phi) is 3.19. The predicted molar refractivity (Wildman–Crippen MR) is 64.2 cm³/mol. The first-order chi connectivity index (χ1) is 8.28. The first-order valence-electron chi connectivity index (χ1n) is 5.85. The lowest BCUT2D eigenvalue weighted by Gasteiger charge is -2.27. The van der Waals surface area contributed by atoms with E-state index in [0.717, 1.165) is 0 Å². The third-order valence-electron chi connectivity index (χ3n) is 2.64. The number of fused-ring (bicyclic) bond motifs is 1. The predicted octanol–water partition coefficient (Wildman–Crippen LogP) is 2.68. The van der Waals surface area contributed by atoms with Gasteiger partial charge in [0.1, 0.15) is 13.2 Å². The van der Waals surface area contributed by atoms with Gasteiger partial charge < -0.3 is 15.2 Å². The van der Waals surface area contributed by atoms with Crippen LogP contribution in [0.3, 0.4) is 0 Å². The Morgan fingerprint density at radius 2 is 1.78 bits per heavy atom. The van der Waals surface area contributed by atoms with E-state index < -0.39 is 17.9 Å². The summed E-state index contributed by atoms with van der Waals surface area (Å²) in [4.78, 5) is 0. The fraction of sp³-hybridized carbons (Fsp3) is 0.538. The number of hydrogen-bond donors (Lipinski definition) is 1. The van der Waals surface area contributed by atoms with Crippen LogP contribution in [0.15, 0.2) is 18.2 Å². The quantitative estimate of drug-likeness (QED) is 0.905. The third kappa shape index (κ3) is 2.90. The molecule has 1 aromatic rings. The maximum absolute atomic E-state index is 14.0. The van der Waals surface area contributed by atoms with Gasteiger partial charge in [-0.05, 0) is 32.0 Å². The standard InChI is InChI=1S/C13H17F2NO2/c1-12(2,16)8-13(14,15)9-3-4-10-11(7-9)18-6-5-17-10/h3-4,7H,5-6,8,16H2,1-2H3. The molecule has 0 saturated carbocycles. The molecule has 0 aromatic heterocycles. The first kappa shape index (κ1) is 13.1. The Morgan fingerprint density at radius 3 is 2.39 bits per heavy atom. The Bertz CT molecular complexity index is 441. The molecule has 2 N–H and O–H groups in total. The summed E-state index contributed by atoms with van der Waals surface area (Å²) in [6.07, 6.45) is -0.417. The van der Waals surface area contributed by atoms with Crippen LogP contribution in [-0.2, 0) is 5.92 Å². The molecule has 1 heterocycles. The molecular weight excluding hydrogens is 240 g/mol. The highest BCUT2D eigenvalue weighted by molar-refractivity contribution is 5.45. The van der Waals surface area contributed by atoms with Crippen LogP contribution in [0.1, 0.15) is 25.8 Å². The molecule has 0 saturated heterocycles. The monoisotopic (exact) mass is 257 g/mol. The Balaban J connectivity index is 2.27. The molecule has 1 aliphatic rings. The van der Waals surface area contributed by atoms with Crippen molar-refractivity contribution in [3.8, 4) is 11.5 Å². The zero-order valence-corrected chi connectivity index (χ0v) is 10.5. The van der Waals surface area contributed by atoms with Crippen molar-refractivity contribution in [2.24, 2.45) is 5.73 Å². The van der Waals surface area contributed by atoms with Gasteiger partial charge in [-0.3, -0.25) is 0 Å². The molecule has 3 nitrogen and oxygen atoms in total. The minimum Gasteiger partial charge on any atom is -0.486 e. The number of halogens is 2.